The Kier molecular flexibility index (Phi) is 23.1. The monoisotopic (exact) mass is 816 g/mol. The van der Waals surface area contributed by atoms with Crippen molar-refractivity contribution < 1.29 is 35.7 Å². The first kappa shape index (κ1) is 48.6. The third-order valence-corrected chi connectivity index (χ3v) is 21.7. The van der Waals surface area contributed by atoms with Crippen molar-refractivity contribution in [2.24, 2.45) is 0 Å². The van der Waals surface area contributed by atoms with Crippen LogP contribution in [0.5, 0.6) is 0 Å². The molecule has 0 aromatic carbocycles. The highest BCUT2D eigenvalue weighted by atomic mass is 32.3. The van der Waals surface area contributed by atoms with Gasteiger partial charge in [0.05, 0.1) is 11.6 Å². The van der Waals surface area contributed by atoms with Crippen molar-refractivity contribution in [3.05, 3.63) is 17.9 Å². The average molecular weight is 817 g/mol. The molecule has 1 aliphatic rings. The Morgan fingerprint density at radius 3 is 1.70 bits per heavy atom. The molecule has 1 saturated heterocycles. The van der Waals surface area contributed by atoms with Crippen LogP contribution < -0.4 is 5.38 Å². The minimum atomic E-state index is -5.00. The van der Waals surface area contributed by atoms with E-state index < -0.39 is 45.6 Å². The number of nitrogens with zero attached hydrogens (tertiary/aromatic N) is 2. The molecule has 0 amide bonds. The van der Waals surface area contributed by atoms with Gasteiger partial charge in [-0.1, -0.05) is 172 Å². The Labute approximate surface area is 331 Å². The SMILES string of the molecule is CCCCCCCCCCCCN(S(=O)(=O)C(C)c1coc([Si](CC)(CC)CC)c1)S(=O)(=O)N1OC(=O)CCCC(=O)C1CCCCCCCCCCC. The molecular formula is C41H76N2O8S2Si. The second kappa shape index (κ2) is 25.7. The highest BCUT2D eigenvalue weighted by Gasteiger charge is 2.48. The summed E-state index contributed by atoms with van der Waals surface area (Å²) in [6.45, 7) is 12.0. The first-order valence-electron chi connectivity index (χ1n) is 21.7. The van der Waals surface area contributed by atoms with Gasteiger partial charge in [-0.2, -0.15) is 8.42 Å². The standard InChI is InChI=1S/C41H76N2O8S2Si/c1-7-12-14-16-18-20-22-24-26-28-33-42(52(46,47)36(6)37-34-41(50-35-37)54(9-3,10-4)11-5)53(48,49)43-38(39(44)31-29-32-40(45)51-43)30-27-25-23-21-19-17-15-13-8-2/h34-36,38H,7-33H2,1-6H3. The molecule has 13 heteroatoms. The Balaban J connectivity index is 2.37. The van der Waals surface area contributed by atoms with Gasteiger partial charge in [-0.3, -0.25) is 9.59 Å². The van der Waals surface area contributed by atoms with E-state index in [0.717, 1.165) is 74.9 Å². The number of carbonyl (C=O) groups is 2. The lowest BCUT2D eigenvalue weighted by molar-refractivity contribution is -0.180. The zero-order valence-electron chi connectivity index (χ0n) is 34.9. The third-order valence-electron chi connectivity index (χ3n) is 11.8. The van der Waals surface area contributed by atoms with Gasteiger partial charge < -0.3 is 9.25 Å². The molecule has 0 N–H and O–H groups in total. The first-order chi connectivity index (χ1) is 25.9. The van der Waals surface area contributed by atoms with Gasteiger partial charge in [0.25, 0.3) is 0 Å². The number of carbonyl (C=O) groups excluding carboxylic acids is 2. The second-order valence-electron chi connectivity index (χ2n) is 15.6. The number of hydrogen-bond acceptors (Lipinski definition) is 8. The molecule has 0 saturated carbocycles. The van der Waals surface area contributed by atoms with Crippen molar-refractivity contribution in [3.63, 3.8) is 0 Å². The largest absolute Gasteiger partial charge is 0.474 e. The van der Waals surface area contributed by atoms with E-state index in [1.165, 1.54) is 64.6 Å². The predicted octanol–water partition coefficient (Wildman–Crippen LogP) is 10.7. The molecule has 2 unspecified atom stereocenters. The molecule has 1 aromatic rings. The Morgan fingerprint density at radius 2 is 1.20 bits per heavy atom. The quantitative estimate of drug-likeness (QED) is 0.0554. The molecule has 54 heavy (non-hydrogen) atoms. The van der Waals surface area contributed by atoms with Crippen LogP contribution in [0.25, 0.3) is 0 Å². The van der Waals surface area contributed by atoms with E-state index in [9.17, 15) is 26.4 Å². The summed E-state index contributed by atoms with van der Waals surface area (Å²) in [7, 11) is -11.6. The molecule has 2 atom stereocenters. The first-order valence-corrected chi connectivity index (χ1v) is 27.3. The fraction of sp³-hybridized carbons (Fsp3) is 0.854. The fourth-order valence-electron chi connectivity index (χ4n) is 7.68. The summed E-state index contributed by atoms with van der Waals surface area (Å²) in [5.74, 6) is -1.14. The summed E-state index contributed by atoms with van der Waals surface area (Å²) >= 11 is 0. The van der Waals surface area contributed by atoms with Gasteiger partial charge in [-0.15, -0.1) is 0 Å². The predicted molar refractivity (Wildman–Crippen MR) is 223 cm³/mol. The maximum absolute atomic E-state index is 14.7. The second-order valence-corrected chi connectivity index (χ2v) is 24.9. The zero-order valence-corrected chi connectivity index (χ0v) is 37.5. The maximum atomic E-state index is 14.7. The van der Waals surface area contributed by atoms with Gasteiger partial charge in [0.15, 0.2) is 5.78 Å². The van der Waals surface area contributed by atoms with E-state index >= 15 is 0 Å². The molecule has 10 nitrogen and oxygen atoms in total. The maximum Gasteiger partial charge on any atom is 0.327 e. The molecule has 0 spiro atoms. The van der Waals surface area contributed by atoms with Crippen LogP contribution in [-0.4, -0.2) is 57.4 Å². The van der Waals surface area contributed by atoms with Crippen LogP contribution >= 0.6 is 0 Å². The molecule has 0 aliphatic carbocycles. The number of furan rings is 1. The molecule has 1 fully saturated rings. The minimum Gasteiger partial charge on any atom is -0.474 e. The lowest BCUT2D eigenvalue weighted by Gasteiger charge is -2.34. The number of ketones is 1. The van der Waals surface area contributed by atoms with Crippen LogP contribution in [0.1, 0.15) is 200 Å². The van der Waals surface area contributed by atoms with Gasteiger partial charge in [-0.25, -0.2) is 8.42 Å². The van der Waals surface area contributed by atoms with Crippen LogP contribution in [0.2, 0.25) is 18.1 Å². The van der Waals surface area contributed by atoms with Crippen molar-refractivity contribution >= 4 is 45.4 Å². The zero-order chi connectivity index (χ0) is 40.0. The number of hydrogen-bond donors (Lipinski definition) is 0. The van der Waals surface area contributed by atoms with E-state index in [1.807, 2.05) is 6.07 Å². The summed E-state index contributed by atoms with van der Waals surface area (Å²) in [6.07, 6.45) is 21.1. The number of hydroxylamine groups is 1. The average Bonchev–Trinajstić information content (AvgIpc) is 3.64. The van der Waals surface area contributed by atoms with Gasteiger partial charge in [-0.05, 0) is 36.7 Å². The van der Waals surface area contributed by atoms with Crippen molar-refractivity contribution in [2.75, 3.05) is 6.54 Å². The number of unbranched alkanes of at least 4 members (excludes halogenated alkanes) is 17. The number of rotatable bonds is 30. The Morgan fingerprint density at radius 1 is 0.722 bits per heavy atom. The summed E-state index contributed by atoms with van der Waals surface area (Å²) < 4.78 is 65.7. The fourth-order valence-corrected chi connectivity index (χ4v) is 15.1. The molecule has 314 valence electrons. The summed E-state index contributed by atoms with van der Waals surface area (Å²) in [5, 5.41) is -0.428. The summed E-state index contributed by atoms with van der Waals surface area (Å²) in [5.41, 5.74) is 0.396. The summed E-state index contributed by atoms with van der Waals surface area (Å²) in [6, 6.07) is 3.37. The van der Waals surface area contributed by atoms with Gasteiger partial charge in [0.2, 0.25) is 10.0 Å². The number of Topliss-reactive ketones (excluding diaryl/α,β-unsaturated/α-hetero) is 1. The minimum absolute atomic E-state index is 0.0283. The van der Waals surface area contributed by atoms with E-state index in [4.69, 9.17) is 9.25 Å². The van der Waals surface area contributed by atoms with E-state index in [0.29, 0.717) is 33.0 Å². The van der Waals surface area contributed by atoms with E-state index in [1.54, 1.807) is 0 Å². The van der Waals surface area contributed by atoms with Gasteiger partial charge in [0.1, 0.15) is 19.4 Å². The molecule has 1 aliphatic heterocycles. The third kappa shape index (κ3) is 14.8. The highest BCUT2D eigenvalue weighted by molar-refractivity contribution is 8.03. The van der Waals surface area contributed by atoms with E-state index in [-0.39, 0.29) is 38.0 Å². The molecule has 2 rings (SSSR count). The molecule has 0 radical (unpaired) electrons. The molecule has 0 bridgehead atoms. The number of sulfonamides is 1. The highest BCUT2D eigenvalue weighted by Crippen LogP contribution is 2.33. The lowest BCUT2D eigenvalue weighted by atomic mass is 9.99. The smallest absolute Gasteiger partial charge is 0.327 e. The van der Waals surface area contributed by atoms with Crippen LogP contribution in [0.4, 0.5) is 0 Å². The molecular weight excluding hydrogens is 741 g/mol. The lowest BCUT2D eigenvalue weighted by Crippen LogP contribution is -2.54. The topological polar surface area (TPSA) is 131 Å². The van der Waals surface area contributed by atoms with Crippen molar-refractivity contribution in [1.29, 1.82) is 0 Å². The van der Waals surface area contributed by atoms with Crippen LogP contribution in [0, 0.1) is 0 Å². The van der Waals surface area contributed by atoms with Crippen molar-refractivity contribution in [3.8, 4) is 0 Å². The van der Waals surface area contributed by atoms with Crippen molar-refractivity contribution in [1.82, 2.24) is 8.18 Å². The van der Waals surface area contributed by atoms with Crippen molar-refractivity contribution in [2.45, 2.75) is 219 Å². The molecule has 1 aromatic heterocycles. The van der Waals surface area contributed by atoms with E-state index in [2.05, 4.69) is 34.6 Å². The Hall–Kier alpha value is -1.54. The summed E-state index contributed by atoms with van der Waals surface area (Å²) in [4.78, 5) is 32.0. The van der Waals surface area contributed by atoms with Crippen LogP contribution in [0.15, 0.2) is 16.7 Å². The van der Waals surface area contributed by atoms with Gasteiger partial charge >= 0.3 is 16.2 Å². The Bertz CT molecular complexity index is 1420. The van der Waals surface area contributed by atoms with Crippen LogP contribution in [-0.2, 0) is 34.7 Å². The normalized spacial score (nSPS) is 17.1. The van der Waals surface area contributed by atoms with Crippen LogP contribution in [0.3, 0.4) is 0 Å². The van der Waals surface area contributed by atoms with Gasteiger partial charge in [0, 0.05) is 24.9 Å². The molecule has 2 heterocycles.